The molecule has 0 spiro atoms. The molecule has 0 saturated carbocycles. The monoisotopic (exact) mass is 305 g/mol. The minimum absolute atomic E-state index is 0.0202. The maximum Gasteiger partial charge on any atom is 0.359 e. The van der Waals surface area contributed by atoms with Crippen LogP contribution in [0.15, 0.2) is 0 Å². The van der Waals surface area contributed by atoms with E-state index in [1.807, 2.05) is 14.1 Å². The van der Waals surface area contributed by atoms with Gasteiger partial charge in [-0.25, -0.2) is 9.18 Å². The molecular weight excluding hydrogens is 275 g/mol. The molecule has 0 heterocycles. The Morgan fingerprint density at radius 2 is 1.86 bits per heavy atom. The molecule has 0 saturated heterocycles. The van der Waals surface area contributed by atoms with Crippen LogP contribution in [-0.4, -0.2) is 61.4 Å². The highest BCUT2D eigenvalue weighted by Crippen LogP contribution is 2.07. The zero-order valence-corrected chi connectivity index (χ0v) is 13.5. The van der Waals surface area contributed by atoms with Crippen molar-refractivity contribution in [3.63, 3.8) is 0 Å². The van der Waals surface area contributed by atoms with Crippen LogP contribution in [0.3, 0.4) is 0 Å². The second-order valence-corrected chi connectivity index (χ2v) is 6.29. The lowest BCUT2D eigenvalue weighted by Gasteiger charge is -2.27. The van der Waals surface area contributed by atoms with Gasteiger partial charge in [-0.05, 0) is 19.8 Å². The fraction of sp³-hybridized carbons (Fsp3) is 0.867. The molecule has 2 N–H and O–H groups in total. The van der Waals surface area contributed by atoms with Gasteiger partial charge in [0.15, 0.2) is 6.54 Å². The van der Waals surface area contributed by atoms with Crippen LogP contribution < -0.4 is 5.32 Å². The molecule has 0 aliphatic carbocycles. The highest BCUT2D eigenvalue weighted by molar-refractivity contribution is 5.75. The Labute approximate surface area is 127 Å². The molecule has 0 aromatic heterocycles. The number of carbonyl (C=O) groups is 2. The third kappa shape index (κ3) is 13.6. The van der Waals surface area contributed by atoms with Crippen molar-refractivity contribution < 1.29 is 23.6 Å². The number of hydrogen-bond acceptors (Lipinski definition) is 2. The summed E-state index contributed by atoms with van der Waals surface area (Å²) in [6.07, 6.45) is 3.54. The number of nitrogens with zero attached hydrogens (tertiary/aromatic N) is 1. The highest BCUT2D eigenvalue weighted by Gasteiger charge is 2.18. The Hall–Kier alpha value is -1.17. The number of carboxylic acid groups (broad SMARTS) is 1. The fourth-order valence-corrected chi connectivity index (χ4v) is 2.16. The number of carbonyl (C=O) groups excluding carboxylic acids is 1. The number of quaternary nitrogens is 1. The van der Waals surface area contributed by atoms with Gasteiger partial charge in [0.2, 0.25) is 5.91 Å². The van der Waals surface area contributed by atoms with Gasteiger partial charge in [-0.3, -0.25) is 4.79 Å². The molecule has 124 valence electrons. The summed E-state index contributed by atoms with van der Waals surface area (Å²) in [6.45, 7) is 2.92. The van der Waals surface area contributed by atoms with Crippen molar-refractivity contribution in [3.05, 3.63) is 0 Å². The van der Waals surface area contributed by atoms with Gasteiger partial charge in [0.05, 0.1) is 26.8 Å². The molecule has 0 radical (unpaired) electrons. The molecule has 0 aliphatic rings. The number of aliphatic carboxylic acids is 1. The normalized spacial score (nSPS) is 13.0. The van der Waals surface area contributed by atoms with Crippen molar-refractivity contribution in [1.29, 1.82) is 0 Å². The van der Waals surface area contributed by atoms with Gasteiger partial charge in [-0.2, -0.15) is 0 Å². The Morgan fingerprint density at radius 1 is 1.19 bits per heavy atom. The number of rotatable bonds is 12. The Balaban J connectivity index is 3.55. The van der Waals surface area contributed by atoms with Crippen molar-refractivity contribution >= 4 is 11.9 Å². The van der Waals surface area contributed by atoms with Gasteiger partial charge in [0.1, 0.15) is 0 Å². The summed E-state index contributed by atoms with van der Waals surface area (Å²) in [6, 6.07) is 0. The predicted octanol–water partition coefficient (Wildman–Crippen LogP) is 1.96. The topological polar surface area (TPSA) is 66.4 Å². The first-order valence-electron chi connectivity index (χ1n) is 7.67. The van der Waals surface area contributed by atoms with Crippen LogP contribution >= 0.6 is 0 Å². The van der Waals surface area contributed by atoms with Gasteiger partial charge in [0.25, 0.3) is 0 Å². The second-order valence-electron chi connectivity index (χ2n) is 6.29. The number of alkyl halides is 1. The van der Waals surface area contributed by atoms with Crippen LogP contribution in [0.1, 0.15) is 45.4 Å². The van der Waals surface area contributed by atoms with Crippen LogP contribution in [-0.2, 0) is 9.59 Å². The summed E-state index contributed by atoms with van der Waals surface area (Å²) in [5.41, 5.74) is 0. The number of amides is 1. The van der Waals surface area contributed by atoms with Crippen molar-refractivity contribution in [1.82, 2.24) is 5.32 Å². The van der Waals surface area contributed by atoms with Gasteiger partial charge in [0, 0.05) is 19.4 Å². The molecule has 1 atom stereocenters. The van der Waals surface area contributed by atoms with E-state index in [0.717, 1.165) is 25.7 Å². The Bertz CT molecular complexity index is 320. The van der Waals surface area contributed by atoms with Crippen molar-refractivity contribution in [3.8, 4) is 0 Å². The van der Waals surface area contributed by atoms with Crippen LogP contribution in [0.2, 0.25) is 0 Å². The SMILES string of the molecule is CC(F)CCCCCC(=O)NCCC[N+](C)(C)CC(=O)O. The third-order valence-electron chi connectivity index (χ3n) is 3.33. The summed E-state index contributed by atoms with van der Waals surface area (Å²) >= 11 is 0. The molecule has 0 aromatic rings. The average molecular weight is 305 g/mol. The molecule has 6 heteroatoms. The molecule has 0 aromatic carbocycles. The van der Waals surface area contributed by atoms with Crippen LogP contribution in [0.4, 0.5) is 4.39 Å². The van der Waals surface area contributed by atoms with Gasteiger partial charge in [-0.15, -0.1) is 0 Å². The Morgan fingerprint density at radius 3 is 2.43 bits per heavy atom. The van der Waals surface area contributed by atoms with E-state index in [1.54, 1.807) is 6.92 Å². The summed E-state index contributed by atoms with van der Waals surface area (Å²) in [5.74, 6) is -0.793. The number of hydrogen-bond donors (Lipinski definition) is 2. The third-order valence-corrected chi connectivity index (χ3v) is 3.33. The highest BCUT2D eigenvalue weighted by atomic mass is 19.1. The molecule has 0 rings (SSSR count). The largest absolute Gasteiger partial charge is 0.477 e. The number of unbranched alkanes of at least 4 members (excludes halogenated alkanes) is 2. The predicted molar refractivity (Wildman–Crippen MR) is 80.8 cm³/mol. The molecular formula is C15H30FN2O3+. The Kier molecular flexibility index (Phi) is 9.95. The average Bonchev–Trinajstić information content (AvgIpc) is 2.32. The molecule has 1 amide bonds. The first-order chi connectivity index (χ1) is 9.73. The number of nitrogens with one attached hydrogen (secondary N) is 1. The summed E-state index contributed by atoms with van der Waals surface area (Å²) in [4.78, 5) is 22.2. The standard InChI is InChI=1S/C15H29FN2O3/c1-13(16)8-5-4-6-9-14(19)17-10-7-11-18(2,3)12-15(20)21/h13H,4-12H2,1-3H3,(H-,17,19,20,21)/p+1. The van der Waals surface area contributed by atoms with E-state index < -0.39 is 12.1 Å². The molecule has 0 bridgehead atoms. The first-order valence-corrected chi connectivity index (χ1v) is 7.67. The molecule has 0 aliphatic heterocycles. The maximum atomic E-state index is 12.6. The van der Waals surface area contributed by atoms with Crippen molar-refractivity contribution in [2.45, 2.75) is 51.6 Å². The van der Waals surface area contributed by atoms with Crippen LogP contribution in [0, 0.1) is 0 Å². The van der Waals surface area contributed by atoms with Gasteiger partial charge >= 0.3 is 5.97 Å². The molecule has 0 fully saturated rings. The van der Waals surface area contributed by atoms with Crippen molar-refractivity contribution in [2.75, 3.05) is 33.7 Å². The van der Waals surface area contributed by atoms with E-state index in [2.05, 4.69) is 5.32 Å². The zero-order valence-electron chi connectivity index (χ0n) is 13.5. The maximum absolute atomic E-state index is 12.6. The molecule has 21 heavy (non-hydrogen) atoms. The zero-order chi connectivity index (χ0) is 16.3. The lowest BCUT2D eigenvalue weighted by molar-refractivity contribution is -0.883. The second kappa shape index (κ2) is 10.5. The van der Waals surface area contributed by atoms with E-state index in [-0.39, 0.29) is 12.5 Å². The minimum Gasteiger partial charge on any atom is -0.477 e. The lowest BCUT2D eigenvalue weighted by atomic mass is 10.1. The van der Waals surface area contributed by atoms with E-state index in [4.69, 9.17) is 5.11 Å². The molecule has 5 nitrogen and oxygen atoms in total. The quantitative estimate of drug-likeness (QED) is 0.428. The lowest BCUT2D eigenvalue weighted by Crippen LogP contribution is -2.45. The summed E-state index contributed by atoms with van der Waals surface area (Å²) in [7, 11) is 3.73. The minimum atomic E-state index is -0.813. The van der Waals surface area contributed by atoms with E-state index >= 15 is 0 Å². The summed E-state index contributed by atoms with van der Waals surface area (Å²) in [5, 5.41) is 11.6. The van der Waals surface area contributed by atoms with E-state index in [1.165, 1.54) is 0 Å². The van der Waals surface area contributed by atoms with Crippen LogP contribution in [0.5, 0.6) is 0 Å². The first kappa shape index (κ1) is 19.8. The van der Waals surface area contributed by atoms with Crippen molar-refractivity contribution in [2.24, 2.45) is 0 Å². The van der Waals surface area contributed by atoms with Crippen LogP contribution in [0.25, 0.3) is 0 Å². The van der Waals surface area contributed by atoms with E-state index in [0.29, 0.717) is 30.4 Å². The van der Waals surface area contributed by atoms with Gasteiger partial charge in [-0.1, -0.05) is 12.8 Å². The van der Waals surface area contributed by atoms with E-state index in [9.17, 15) is 14.0 Å². The number of likely N-dealkylation sites (N-methyl/N-ethyl adjacent to an activating group) is 1. The number of halogens is 1. The molecule has 1 unspecified atom stereocenters. The smallest absolute Gasteiger partial charge is 0.359 e. The number of carboxylic acids is 1. The fourth-order valence-electron chi connectivity index (χ4n) is 2.16. The van der Waals surface area contributed by atoms with Gasteiger partial charge < -0.3 is 14.9 Å². The summed E-state index contributed by atoms with van der Waals surface area (Å²) < 4.78 is 13.0.